The molecule has 1 aliphatic heterocycles. The van der Waals surface area contributed by atoms with Crippen LogP contribution in [0, 0.1) is 0 Å². The topological polar surface area (TPSA) is 69.6 Å². The van der Waals surface area contributed by atoms with E-state index in [2.05, 4.69) is 23.7 Å². The maximum atomic E-state index is 13.1. The number of benzene rings is 1. The molecule has 2 amide bonds. The Morgan fingerprint density at radius 2 is 1.57 bits per heavy atom. The molecule has 0 spiro atoms. The molecule has 0 bridgehead atoms. The molecule has 0 aliphatic carbocycles. The summed E-state index contributed by atoms with van der Waals surface area (Å²) in [5.41, 5.74) is 1.28. The van der Waals surface area contributed by atoms with Crippen molar-refractivity contribution >= 4 is 17.6 Å². The number of hydrogen-bond acceptors (Lipinski definition) is 5. The van der Waals surface area contributed by atoms with E-state index in [1.54, 1.807) is 22.8 Å². The van der Waals surface area contributed by atoms with Crippen LogP contribution in [0.3, 0.4) is 0 Å². The number of piperazine rings is 1. The monoisotopic (exact) mass is 381 g/mol. The van der Waals surface area contributed by atoms with Gasteiger partial charge in [-0.1, -0.05) is 30.3 Å². The van der Waals surface area contributed by atoms with Crippen LogP contribution in [-0.2, 0) is 4.79 Å². The highest BCUT2D eigenvalue weighted by molar-refractivity contribution is 5.93. The van der Waals surface area contributed by atoms with Crippen LogP contribution in [0.25, 0.3) is 11.4 Å². The molecule has 0 atom stereocenters. The summed E-state index contributed by atoms with van der Waals surface area (Å²) >= 11 is 0. The summed E-state index contributed by atoms with van der Waals surface area (Å²) in [7, 11) is 0. The zero-order valence-corrected chi connectivity index (χ0v) is 16.8. The van der Waals surface area contributed by atoms with Gasteiger partial charge in [0.1, 0.15) is 11.5 Å². The minimum absolute atomic E-state index is 0.0457. The van der Waals surface area contributed by atoms with Gasteiger partial charge in [0.15, 0.2) is 5.82 Å². The Morgan fingerprint density at radius 1 is 0.964 bits per heavy atom. The third kappa shape index (κ3) is 4.30. The summed E-state index contributed by atoms with van der Waals surface area (Å²) in [5.74, 6) is 1.24. The number of rotatable bonds is 5. The van der Waals surface area contributed by atoms with Gasteiger partial charge in [0.25, 0.3) is 5.91 Å². The fraction of sp³-hybridized carbons (Fsp3) is 0.429. The third-order valence-electron chi connectivity index (χ3n) is 5.06. The average molecular weight is 381 g/mol. The highest BCUT2D eigenvalue weighted by Gasteiger charge is 2.25. The molecule has 2 heterocycles. The number of aromatic nitrogens is 2. The van der Waals surface area contributed by atoms with Crippen LogP contribution in [0.2, 0.25) is 0 Å². The lowest BCUT2D eigenvalue weighted by atomic mass is 10.2. The average Bonchev–Trinajstić information content (AvgIpc) is 2.74. The Kier molecular flexibility index (Phi) is 6.23. The van der Waals surface area contributed by atoms with Crippen molar-refractivity contribution in [1.82, 2.24) is 19.8 Å². The Hall–Kier alpha value is -2.96. The molecule has 0 N–H and O–H groups in total. The van der Waals surface area contributed by atoms with Crippen LogP contribution in [0.4, 0.5) is 5.82 Å². The second kappa shape index (κ2) is 8.82. The first-order chi connectivity index (χ1) is 13.5. The summed E-state index contributed by atoms with van der Waals surface area (Å²) < 4.78 is 0. The minimum Gasteiger partial charge on any atom is -0.357 e. The largest absolute Gasteiger partial charge is 0.357 e. The van der Waals surface area contributed by atoms with Crippen LogP contribution in [0.5, 0.6) is 0 Å². The van der Waals surface area contributed by atoms with Gasteiger partial charge < -0.3 is 14.7 Å². The van der Waals surface area contributed by atoms with E-state index in [-0.39, 0.29) is 11.8 Å². The summed E-state index contributed by atoms with van der Waals surface area (Å²) in [6.07, 6.45) is 0. The molecule has 3 rings (SSSR count). The number of nitrogens with zero attached hydrogens (tertiary/aromatic N) is 5. The standard InChI is InChI=1S/C21H27N5O2/c1-4-24(5-2)19-15-18(22-20(23-19)17-9-7-6-8-10-17)21(28)26-13-11-25(12-14-26)16(3)27/h6-10,15H,4-5,11-14H2,1-3H3. The van der Waals surface area contributed by atoms with E-state index in [0.29, 0.717) is 37.7 Å². The molecule has 0 radical (unpaired) electrons. The fourth-order valence-corrected chi connectivity index (χ4v) is 3.36. The summed E-state index contributed by atoms with van der Waals surface area (Å²) in [5, 5.41) is 0. The van der Waals surface area contributed by atoms with Gasteiger partial charge in [-0.15, -0.1) is 0 Å². The van der Waals surface area contributed by atoms with Crippen molar-refractivity contribution in [3.63, 3.8) is 0 Å². The van der Waals surface area contributed by atoms with Gasteiger partial charge in [-0.2, -0.15) is 0 Å². The van der Waals surface area contributed by atoms with Crippen LogP contribution >= 0.6 is 0 Å². The highest BCUT2D eigenvalue weighted by atomic mass is 16.2. The molecule has 1 aliphatic rings. The van der Waals surface area contributed by atoms with Gasteiger partial charge in [-0.3, -0.25) is 9.59 Å². The van der Waals surface area contributed by atoms with Gasteiger partial charge >= 0.3 is 0 Å². The van der Waals surface area contributed by atoms with Crippen LogP contribution < -0.4 is 4.90 Å². The Morgan fingerprint density at radius 3 is 2.14 bits per heavy atom. The van der Waals surface area contributed by atoms with Gasteiger partial charge in [-0.05, 0) is 13.8 Å². The molecular formula is C21H27N5O2. The number of anilines is 1. The van der Waals surface area contributed by atoms with Crippen molar-refractivity contribution in [1.29, 1.82) is 0 Å². The maximum absolute atomic E-state index is 13.1. The lowest BCUT2D eigenvalue weighted by Crippen LogP contribution is -2.50. The van der Waals surface area contributed by atoms with E-state index in [1.165, 1.54) is 0 Å². The predicted molar refractivity (Wildman–Crippen MR) is 109 cm³/mol. The van der Waals surface area contributed by atoms with Crippen molar-refractivity contribution in [2.75, 3.05) is 44.2 Å². The molecule has 28 heavy (non-hydrogen) atoms. The number of hydrogen-bond donors (Lipinski definition) is 0. The van der Waals surface area contributed by atoms with E-state index >= 15 is 0 Å². The molecule has 0 saturated carbocycles. The SMILES string of the molecule is CCN(CC)c1cc(C(=O)N2CCN(C(C)=O)CC2)nc(-c2ccccc2)n1. The minimum atomic E-state index is -0.115. The summed E-state index contributed by atoms with van der Waals surface area (Å²) in [4.78, 5) is 39.6. The fourth-order valence-electron chi connectivity index (χ4n) is 3.36. The van der Waals surface area contributed by atoms with Crippen molar-refractivity contribution < 1.29 is 9.59 Å². The molecule has 1 saturated heterocycles. The Bertz CT molecular complexity index is 828. The van der Waals surface area contributed by atoms with Crippen molar-refractivity contribution in [3.8, 4) is 11.4 Å². The van der Waals surface area contributed by atoms with Gasteiger partial charge in [-0.25, -0.2) is 9.97 Å². The smallest absolute Gasteiger partial charge is 0.272 e. The highest BCUT2D eigenvalue weighted by Crippen LogP contribution is 2.21. The molecule has 7 heteroatoms. The molecule has 7 nitrogen and oxygen atoms in total. The first-order valence-corrected chi connectivity index (χ1v) is 9.77. The molecule has 1 fully saturated rings. The van der Waals surface area contributed by atoms with E-state index in [9.17, 15) is 9.59 Å². The number of carbonyl (C=O) groups is 2. The van der Waals surface area contributed by atoms with E-state index in [0.717, 1.165) is 24.5 Å². The van der Waals surface area contributed by atoms with Gasteiger partial charge in [0.05, 0.1) is 0 Å². The molecule has 1 aromatic carbocycles. The second-order valence-electron chi connectivity index (χ2n) is 6.77. The predicted octanol–water partition coefficient (Wildman–Crippen LogP) is 2.29. The molecule has 1 aromatic heterocycles. The third-order valence-corrected chi connectivity index (χ3v) is 5.06. The lowest BCUT2D eigenvalue weighted by molar-refractivity contribution is -0.130. The van der Waals surface area contributed by atoms with Gasteiger partial charge in [0.2, 0.25) is 5.91 Å². The summed E-state index contributed by atoms with van der Waals surface area (Å²) in [6.45, 7) is 9.44. The van der Waals surface area contributed by atoms with E-state index in [1.807, 2.05) is 30.3 Å². The van der Waals surface area contributed by atoms with E-state index in [4.69, 9.17) is 4.98 Å². The van der Waals surface area contributed by atoms with E-state index < -0.39 is 0 Å². The molecule has 148 valence electrons. The number of amides is 2. The maximum Gasteiger partial charge on any atom is 0.272 e. The van der Waals surface area contributed by atoms with Crippen LogP contribution in [0.15, 0.2) is 36.4 Å². The zero-order chi connectivity index (χ0) is 20.1. The summed E-state index contributed by atoms with van der Waals surface area (Å²) in [6, 6.07) is 11.5. The lowest BCUT2D eigenvalue weighted by Gasteiger charge is -2.34. The van der Waals surface area contributed by atoms with Crippen LogP contribution in [0.1, 0.15) is 31.3 Å². The zero-order valence-electron chi connectivity index (χ0n) is 16.8. The molecule has 2 aromatic rings. The normalized spacial score (nSPS) is 14.1. The Balaban J connectivity index is 1.92. The first kappa shape index (κ1) is 19.8. The van der Waals surface area contributed by atoms with Gasteiger partial charge in [0, 0.05) is 57.8 Å². The van der Waals surface area contributed by atoms with Crippen molar-refractivity contribution in [3.05, 3.63) is 42.1 Å². The van der Waals surface area contributed by atoms with Crippen molar-refractivity contribution in [2.24, 2.45) is 0 Å². The molecule has 0 unspecified atom stereocenters. The second-order valence-corrected chi connectivity index (χ2v) is 6.77. The van der Waals surface area contributed by atoms with Crippen molar-refractivity contribution in [2.45, 2.75) is 20.8 Å². The number of carbonyl (C=O) groups excluding carboxylic acids is 2. The quantitative estimate of drug-likeness (QED) is 0.795. The first-order valence-electron chi connectivity index (χ1n) is 9.77. The van der Waals surface area contributed by atoms with Crippen LogP contribution in [-0.4, -0.2) is 70.9 Å². The Labute approximate surface area is 166 Å². The molecular weight excluding hydrogens is 354 g/mol.